The third kappa shape index (κ3) is 1.42. The van der Waals surface area contributed by atoms with Gasteiger partial charge in [-0.25, -0.2) is 0 Å². The molecule has 1 aromatic rings. The number of aromatic nitrogens is 1. The highest BCUT2D eigenvalue weighted by atomic mass is 15.0. The summed E-state index contributed by atoms with van der Waals surface area (Å²) in [7, 11) is 0. The molecular weight excluding hydrogens is 148 g/mol. The van der Waals surface area contributed by atoms with Gasteiger partial charge in [0.05, 0.1) is 0 Å². The van der Waals surface area contributed by atoms with Crippen LogP contribution >= 0.6 is 0 Å². The minimum Gasteiger partial charge on any atom is -0.382 e. The van der Waals surface area contributed by atoms with Gasteiger partial charge in [-0.05, 0) is 24.0 Å². The maximum Gasteiger partial charge on any atom is 0.0373 e. The summed E-state index contributed by atoms with van der Waals surface area (Å²) in [5.41, 5.74) is 1.67. The number of pyridine rings is 1. The van der Waals surface area contributed by atoms with Gasteiger partial charge < -0.3 is 5.32 Å². The highest BCUT2D eigenvalue weighted by Gasteiger charge is 2.45. The summed E-state index contributed by atoms with van der Waals surface area (Å²) < 4.78 is 0. The number of hydrogen-bond acceptors (Lipinski definition) is 2. The maximum atomic E-state index is 3.97. The van der Waals surface area contributed by atoms with Gasteiger partial charge in [0.2, 0.25) is 0 Å². The summed E-state index contributed by atoms with van der Waals surface area (Å²) in [6.07, 6.45) is 4.91. The Bertz CT molecular complexity index is 266. The molecule has 1 aromatic heterocycles. The quantitative estimate of drug-likeness (QED) is 0.721. The van der Waals surface area contributed by atoms with Gasteiger partial charge in [0.15, 0.2) is 0 Å². The summed E-state index contributed by atoms with van der Waals surface area (Å²) in [6, 6.07) is 4.67. The summed E-state index contributed by atoms with van der Waals surface area (Å²) in [6.45, 7) is 4.57. The van der Waals surface area contributed by atoms with E-state index in [0.29, 0.717) is 11.5 Å². The molecule has 2 heteroatoms. The van der Waals surface area contributed by atoms with Crippen LogP contribution in [0.15, 0.2) is 24.5 Å². The predicted octanol–water partition coefficient (Wildman–Crippen LogP) is 2.29. The number of nitrogens with one attached hydrogen (secondary N) is 1. The van der Waals surface area contributed by atoms with Crippen molar-refractivity contribution < 1.29 is 0 Å². The molecule has 1 aliphatic carbocycles. The predicted molar refractivity (Wildman–Crippen MR) is 50.0 cm³/mol. The van der Waals surface area contributed by atoms with Crippen LogP contribution in [0.5, 0.6) is 0 Å². The number of rotatable bonds is 2. The van der Waals surface area contributed by atoms with Gasteiger partial charge in [-0.2, -0.15) is 0 Å². The van der Waals surface area contributed by atoms with Gasteiger partial charge >= 0.3 is 0 Å². The molecule has 0 saturated heterocycles. The average molecular weight is 162 g/mol. The first kappa shape index (κ1) is 7.59. The molecule has 1 heterocycles. The van der Waals surface area contributed by atoms with Crippen LogP contribution in [0, 0.1) is 5.41 Å². The van der Waals surface area contributed by atoms with Crippen LogP contribution in [0.4, 0.5) is 5.69 Å². The highest BCUT2D eigenvalue weighted by molar-refractivity contribution is 5.44. The Kier molecular flexibility index (Phi) is 1.56. The fourth-order valence-electron chi connectivity index (χ4n) is 1.36. The minimum absolute atomic E-state index is 0.489. The summed E-state index contributed by atoms with van der Waals surface area (Å²) in [5.74, 6) is 0. The molecule has 0 bridgehead atoms. The van der Waals surface area contributed by atoms with Gasteiger partial charge in [-0.3, -0.25) is 4.98 Å². The van der Waals surface area contributed by atoms with Crippen molar-refractivity contribution in [1.29, 1.82) is 0 Å². The minimum atomic E-state index is 0.489. The molecule has 1 fully saturated rings. The normalized spacial score (nSPS) is 25.0. The van der Waals surface area contributed by atoms with E-state index in [-0.39, 0.29) is 0 Å². The molecular formula is C10H14N2. The molecule has 1 aliphatic rings. The zero-order valence-electron chi connectivity index (χ0n) is 7.54. The van der Waals surface area contributed by atoms with Crippen molar-refractivity contribution in [3.63, 3.8) is 0 Å². The Morgan fingerprint density at radius 3 is 2.50 bits per heavy atom. The highest BCUT2D eigenvalue weighted by Crippen LogP contribution is 2.46. The molecule has 0 radical (unpaired) electrons. The van der Waals surface area contributed by atoms with Gasteiger partial charge in [-0.15, -0.1) is 0 Å². The van der Waals surface area contributed by atoms with Crippen molar-refractivity contribution in [2.45, 2.75) is 26.3 Å². The van der Waals surface area contributed by atoms with Crippen molar-refractivity contribution in [1.82, 2.24) is 4.98 Å². The van der Waals surface area contributed by atoms with E-state index in [1.54, 1.807) is 0 Å². The lowest BCUT2D eigenvalue weighted by Crippen LogP contribution is -2.07. The van der Waals surface area contributed by atoms with Crippen LogP contribution in [-0.4, -0.2) is 11.0 Å². The van der Waals surface area contributed by atoms with E-state index in [2.05, 4.69) is 24.1 Å². The molecule has 2 rings (SSSR count). The zero-order valence-corrected chi connectivity index (χ0v) is 7.54. The van der Waals surface area contributed by atoms with E-state index in [0.717, 1.165) is 0 Å². The SMILES string of the molecule is CC1(C)CC1Nc1ccncc1. The Morgan fingerprint density at radius 1 is 1.42 bits per heavy atom. The van der Waals surface area contributed by atoms with Crippen molar-refractivity contribution >= 4 is 5.69 Å². The first-order chi connectivity index (χ1) is 5.68. The third-order valence-corrected chi connectivity index (χ3v) is 2.53. The largest absolute Gasteiger partial charge is 0.382 e. The van der Waals surface area contributed by atoms with Crippen LogP contribution in [0.1, 0.15) is 20.3 Å². The molecule has 0 spiro atoms. The Hall–Kier alpha value is -1.05. The number of hydrogen-bond donors (Lipinski definition) is 1. The molecule has 1 saturated carbocycles. The fourth-order valence-corrected chi connectivity index (χ4v) is 1.36. The number of anilines is 1. The Morgan fingerprint density at radius 2 is 2.00 bits per heavy atom. The molecule has 64 valence electrons. The second kappa shape index (κ2) is 2.47. The third-order valence-electron chi connectivity index (χ3n) is 2.53. The second-order valence-electron chi connectivity index (χ2n) is 4.13. The van der Waals surface area contributed by atoms with Gasteiger partial charge in [0, 0.05) is 24.1 Å². The smallest absolute Gasteiger partial charge is 0.0373 e. The Balaban J connectivity index is 1.98. The van der Waals surface area contributed by atoms with E-state index in [1.807, 2.05) is 24.5 Å². The van der Waals surface area contributed by atoms with Crippen LogP contribution in [-0.2, 0) is 0 Å². The van der Waals surface area contributed by atoms with Crippen molar-refractivity contribution in [3.8, 4) is 0 Å². The lowest BCUT2D eigenvalue weighted by Gasteiger charge is -2.06. The lowest BCUT2D eigenvalue weighted by molar-refractivity contribution is 0.630. The summed E-state index contributed by atoms with van der Waals surface area (Å²) in [5, 5.41) is 3.47. The average Bonchev–Trinajstić information content (AvgIpc) is 2.61. The van der Waals surface area contributed by atoms with Crippen LogP contribution in [0.3, 0.4) is 0 Å². The van der Waals surface area contributed by atoms with Crippen molar-refractivity contribution in [3.05, 3.63) is 24.5 Å². The van der Waals surface area contributed by atoms with Crippen molar-refractivity contribution in [2.24, 2.45) is 5.41 Å². The topological polar surface area (TPSA) is 24.9 Å². The molecule has 2 nitrogen and oxygen atoms in total. The second-order valence-corrected chi connectivity index (χ2v) is 4.13. The first-order valence-electron chi connectivity index (χ1n) is 4.35. The molecule has 1 atom stereocenters. The van der Waals surface area contributed by atoms with Gasteiger partial charge in [0.25, 0.3) is 0 Å². The van der Waals surface area contributed by atoms with Gasteiger partial charge in [0.1, 0.15) is 0 Å². The number of nitrogens with zero attached hydrogens (tertiary/aromatic N) is 1. The first-order valence-corrected chi connectivity index (χ1v) is 4.35. The zero-order chi connectivity index (χ0) is 8.60. The van der Waals surface area contributed by atoms with Crippen LogP contribution in [0.2, 0.25) is 0 Å². The van der Waals surface area contributed by atoms with E-state index in [9.17, 15) is 0 Å². The molecule has 1 N–H and O–H groups in total. The van der Waals surface area contributed by atoms with Crippen molar-refractivity contribution in [2.75, 3.05) is 5.32 Å². The van der Waals surface area contributed by atoms with E-state index < -0.39 is 0 Å². The molecule has 0 aromatic carbocycles. The van der Waals surface area contributed by atoms with E-state index in [1.165, 1.54) is 12.1 Å². The summed E-state index contributed by atoms with van der Waals surface area (Å²) in [4.78, 5) is 3.97. The van der Waals surface area contributed by atoms with E-state index in [4.69, 9.17) is 0 Å². The van der Waals surface area contributed by atoms with Gasteiger partial charge in [-0.1, -0.05) is 13.8 Å². The fraction of sp³-hybridized carbons (Fsp3) is 0.500. The molecule has 1 unspecified atom stereocenters. The van der Waals surface area contributed by atoms with E-state index >= 15 is 0 Å². The summed E-state index contributed by atoms with van der Waals surface area (Å²) >= 11 is 0. The monoisotopic (exact) mass is 162 g/mol. The maximum absolute atomic E-state index is 3.97. The molecule has 0 amide bonds. The molecule has 0 aliphatic heterocycles. The molecule has 12 heavy (non-hydrogen) atoms. The Labute approximate surface area is 73.0 Å². The lowest BCUT2D eigenvalue weighted by atomic mass is 10.2. The standard InChI is InChI=1S/C10H14N2/c1-10(2)7-9(10)12-8-3-5-11-6-4-8/h3-6,9H,7H2,1-2H3,(H,11,12). The van der Waals surface area contributed by atoms with Crippen LogP contribution < -0.4 is 5.32 Å². The van der Waals surface area contributed by atoms with Crippen LogP contribution in [0.25, 0.3) is 0 Å².